The first-order valence-corrected chi connectivity index (χ1v) is 19.0. The van der Waals surface area contributed by atoms with E-state index < -0.39 is 0 Å². The SMILES string of the molecule is C1=CCCC(c2ccc3c(c2)Sc2cc(C4=CC=CCN4)ccc2-c2ccc(C4=CC=CCN4)cc2Sc2cc(-c4ccccc4)ccc2-3)=C1. The summed E-state index contributed by atoms with van der Waals surface area (Å²) in [6, 6.07) is 38.9. The molecule has 3 heterocycles. The van der Waals surface area contributed by atoms with Crippen LogP contribution in [0.5, 0.6) is 0 Å². The van der Waals surface area contributed by atoms with Crippen molar-refractivity contribution in [1.29, 1.82) is 0 Å². The lowest BCUT2D eigenvalue weighted by atomic mass is 9.94. The van der Waals surface area contributed by atoms with E-state index in [9.17, 15) is 0 Å². The summed E-state index contributed by atoms with van der Waals surface area (Å²) < 4.78 is 0. The van der Waals surface area contributed by atoms with Crippen molar-refractivity contribution in [1.82, 2.24) is 10.6 Å². The van der Waals surface area contributed by atoms with Crippen molar-refractivity contribution in [2.45, 2.75) is 32.4 Å². The zero-order valence-electron chi connectivity index (χ0n) is 27.7. The van der Waals surface area contributed by atoms with E-state index in [1.165, 1.54) is 75.2 Å². The van der Waals surface area contributed by atoms with E-state index in [1.54, 1.807) is 0 Å². The van der Waals surface area contributed by atoms with Crippen molar-refractivity contribution < 1.29 is 0 Å². The summed E-state index contributed by atoms with van der Waals surface area (Å²) in [5, 5.41) is 7.17. The molecule has 0 radical (unpaired) electrons. The van der Waals surface area contributed by atoms with Crippen LogP contribution in [-0.4, -0.2) is 13.1 Å². The van der Waals surface area contributed by atoms with E-state index in [-0.39, 0.29) is 0 Å². The predicted octanol–water partition coefficient (Wildman–Crippen LogP) is 12.0. The van der Waals surface area contributed by atoms with Crippen LogP contribution in [0.2, 0.25) is 0 Å². The number of dihydropyridines is 2. The Morgan fingerprint density at radius 1 is 0.420 bits per heavy atom. The second kappa shape index (κ2) is 13.6. The molecule has 5 aromatic carbocycles. The molecule has 0 unspecified atom stereocenters. The molecular weight excluding hydrogens is 645 g/mol. The highest BCUT2D eigenvalue weighted by atomic mass is 32.2. The van der Waals surface area contributed by atoms with E-state index in [4.69, 9.17) is 0 Å². The molecular formula is C46H36N2S2. The number of fused-ring (bicyclic) bond motifs is 6. The molecule has 0 saturated heterocycles. The van der Waals surface area contributed by atoms with Crippen molar-refractivity contribution in [3.8, 4) is 33.4 Å². The quantitative estimate of drug-likeness (QED) is 0.194. The Balaban J connectivity index is 1.28. The van der Waals surface area contributed by atoms with E-state index in [0.29, 0.717) is 0 Å². The lowest BCUT2D eigenvalue weighted by molar-refractivity contribution is 0.993. The molecule has 2 N–H and O–H groups in total. The summed E-state index contributed by atoms with van der Waals surface area (Å²) in [6.45, 7) is 1.68. The average Bonchev–Trinajstić information content (AvgIpc) is 3.19. The highest BCUT2D eigenvalue weighted by molar-refractivity contribution is 8.00. The topological polar surface area (TPSA) is 24.1 Å². The summed E-state index contributed by atoms with van der Waals surface area (Å²) in [5.74, 6) is 0. The van der Waals surface area contributed by atoms with Crippen molar-refractivity contribution in [2.75, 3.05) is 13.1 Å². The maximum Gasteiger partial charge on any atom is 0.0416 e. The van der Waals surface area contributed by atoms with Gasteiger partial charge in [0, 0.05) is 44.1 Å². The number of hydrogen-bond donors (Lipinski definition) is 2. The van der Waals surface area contributed by atoms with E-state index in [1.807, 2.05) is 23.5 Å². The Hall–Kier alpha value is -5.16. The van der Waals surface area contributed by atoms with Gasteiger partial charge in [0.05, 0.1) is 0 Å². The van der Waals surface area contributed by atoms with E-state index >= 15 is 0 Å². The molecule has 4 aliphatic rings. The van der Waals surface area contributed by atoms with Crippen molar-refractivity contribution in [3.05, 3.63) is 175 Å². The molecule has 0 atom stereocenters. The van der Waals surface area contributed by atoms with Gasteiger partial charge in [-0.3, -0.25) is 0 Å². The monoisotopic (exact) mass is 680 g/mol. The minimum Gasteiger partial charge on any atom is -0.381 e. The first kappa shape index (κ1) is 30.9. The predicted molar refractivity (Wildman–Crippen MR) is 214 cm³/mol. The zero-order chi connectivity index (χ0) is 33.3. The molecule has 4 heteroatoms. The highest BCUT2D eigenvalue weighted by Gasteiger charge is 2.22. The molecule has 0 saturated carbocycles. The van der Waals surface area contributed by atoms with Gasteiger partial charge in [-0.1, -0.05) is 145 Å². The van der Waals surface area contributed by atoms with Gasteiger partial charge < -0.3 is 10.6 Å². The van der Waals surface area contributed by atoms with Crippen molar-refractivity contribution in [3.63, 3.8) is 0 Å². The Morgan fingerprint density at radius 3 is 1.40 bits per heavy atom. The van der Waals surface area contributed by atoms with Crippen LogP contribution in [0, 0.1) is 0 Å². The summed E-state index contributed by atoms with van der Waals surface area (Å²) in [4.78, 5) is 5.04. The zero-order valence-corrected chi connectivity index (χ0v) is 29.3. The fraction of sp³-hybridized carbons (Fsp3) is 0.0870. The third-order valence-electron chi connectivity index (χ3n) is 9.68. The van der Waals surface area contributed by atoms with Crippen LogP contribution in [0.15, 0.2) is 177 Å². The van der Waals surface area contributed by atoms with Crippen LogP contribution in [0.25, 0.3) is 50.3 Å². The summed E-state index contributed by atoms with van der Waals surface area (Å²) in [6.07, 6.45) is 21.9. The summed E-state index contributed by atoms with van der Waals surface area (Å²) in [5.41, 5.74) is 14.9. The van der Waals surface area contributed by atoms with Gasteiger partial charge in [0.15, 0.2) is 0 Å². The number of allylic oxidation sites excluding steroid dienone is 8. The number of benzene rings is 5. The minimum atomic E-state index is 0.840. The fourth-order valence-electron chi connectivity index (χ4n) is 7.06. The molecule has 0 aromatic heterocycles. The molecule has 1 aliphatic carbocycles. The largest absolute Gasteiger partial charge is 0.381 e. The lowest BCUT2D eigenvalue weighted by Gasteiger charge is -2.23. The van der Waals surface area contributed by atoms with E-state index in [2.05, 4.69) is 168 Å². The molecule has 9 rings (SSSR count). The number of nitrogens with one attached hydrogen (secondary N) is 2. The standard InChI is InChI=1S/C46H36N2S2/c1-3-11-31(12-4-1)33-17-21-37-38-22-18-34(32-13-5-2-6-14-32)28-44(38)50-46-30-36(42-16-8-10-26-48-42)20-24-40(46)39-23-19-35(41-15-7-9-25-47-41)29-45(39)49-43(37)27-33/h1-5,7-13,15-24,27-30,47-48H,6,14,25-26H2. The van der Waals surface area contributed by atoms with Crippen LogP contribution in [-0.2, 0) is 0 Å². The summed E-state index contributed by atoms with van der Waals surface area (Å²) in [7, 11) is 0. The van der Waals surface area contributed by atoms with Gasteiger partial charge in [0.2, 0.25) is 0 Å². The third kappa shape index (κ3) is 6.10. The second-order valence-electron chi connectivity index (χ2n) is 12.9. The fourth-order valence-corrected chi connectivity index (χ4v) is 9.43. The maximum atomic E-state index is 3.59. The van der Waals surface area contributed by atoms with Crippen LogP contribution in [0.1, 0.15) is 29.5 Å². The Bertz CT molecular complexity index is 2320. The van der Waals surface area contributed by atoms with Crippen LogP contribution in [0.3, 0.4) is 0 Å². The molecule has 0 bridgehead atoms. The second-order valence-corrected chi connectivity index (χ2v) is 15.0. The first-order valence-electron chi connectivity index (χ1n) is 17.3. The van der Waals surface area contributed by atoms with Gasteiger partial charge in [-0.2, -0.15) is 0 Å². The average molecular weight is 681 g/mol. The Kier molecular flexibility index (Phi) is 8.41. The van der Waals surface area contributed by atoms with Crippen molar-refractivity contribution in [2.24, 2.45) is 0 Å². The number of hydrogen-bond acceptors (Lipinski definition) is 4. The van der Waals surface area contributed by atoms with Gasteiger partial charge in [-0.05, 0) is 105 Å². The molecule has 242 valence electrons. The molecule has 5 aromatic rings. The number of rotatable bonds is 4. The van der Waals surface area contributed by atoms with Crippen LogP contribution >= 0.6 is 23.5 Å². The lowest BCUT2D eigenvalue weighted by Crippen LogP contribution is -2.14. The van der Waals surface area contributed by atoms with Gasteiger partial charge in [-0.25, -0.2) is 0 Å². The van der Waals surface area contributed by atoms with Gasteiger partial charge >= 0.3 is 0 Å². The van der Waals surface area contributed by atoms with Crippen LogP contribution in [0.4, 0.5) is 0 Å². The first-order chi connectivity index (χ1) is 24.8. The molecule has 2 nitrogen and oxygen atoms in total. The van der Waals surface area contributed by atoms with E-state index in [0.717, 1.165) is 37.3 Å². The smallest absolute Gasteiger partial charge is 0.0416 e. The Morgan fingerprint density at radius 2 is 0.900 bits per heavy atom. The van der Waals surface area contributed by atoms with Gasteiger partial charge in [0.1, 0.15) is 0 Å². The maximum absolute atomic E-state index is 3.59. The van der Waals surface area contributed by atoms with Crippen LogP contribution < -0.4 is 10.6 Å². The molecule has 0 spiro atoms. The van der Waals surface area contributed by atoms with Gasteiger partial charge in [0.25, 0.3) is 0 Å². The normalized spacial score (nSPS) is 16.0. The molecule has 0 fully saturated rings. The highest BCUT2D eigenvalue weighted by Crippen LogP contribution is 2.51. The molecule has 0 amide bonds. The third-order valence-corrected chi connectivity index (χ3v) is 11.9. The molecule has 3 aliphatic heterocycles. The Labute approximate surface area is 303 Å². The molecule has 50 heavy (non-hydrogen) atoms. The minimum absolute atomic E-state index is 0.840. The van der Waals surface area contributed by atoms with Gasteiger partial charge in [-0.15, -0.1) is 0 Å². The van der Waals surface area contributed by atoms with Crippen molar-refractivity contribution >= 4 is 40.5 Å². The summed E-state index contributed by atoms with van der Waals surface area (Å²) >= 11 is 3.78.